The summed E-state index contributed by atoms with van der Waals surface area (Å²) in [4.78, 5) is 21.9. The molecule has 0 radical (unpaired) electrons. The minimum absolute atomic E-state index is 0.0525. The number of aliphatic hydroxyl groups excluding tert-OH is 1. The van der Waals surface area contributed by atoms with Gasteiger partial charge in [-0.3, -0.25) is 10.2 Å². The second-order valence-corrected chi connectivity index (χ2v) is 10.1. The lowest BCUT2D eigenvalue weighted by molar-refractivity contribution is -0.132. The van der Waals surface area contributed by atoms with Gasteiger partial charge in [0, 0.05) is 59.7 Å². The molecule has 0 saturated carbocycles. The number of rotatable bonds is 11. The molecule has 0 aliphatic carbocycles. The fourth-order valence-electron chi connectivity index (χ4n) is 4.32. The molecular weight excluding hydrogens is 564 g/mol. The Morgan fingerprint density at radius 2 is 1.90 bits per heavy atom. The Balaban J connectivity index is 1.83. The predicted molar refractivity (Wildman–Crippen MR) is 152 cm³/mol. The summed E-state index contributed by atoms with van der Waals surface area (Å²) in [5.74, 6) is 0.557. The number of azide groups is 1. The van der Waals surface area contributed by atoms with E-state index < -0.39 is 11.6 Å². The average molecular weight is 593 g/mol. The average Bonchev–Trinajstić information content (AvgIpc) is 3.31. The smallest absolute Gasteiger partial charge is 0.266 e. The zero-order valence-corrected chi connectivity index (χ0v) is 23.2. The van der Waals surface area contributed by atoms with Crippen LogP contribution in [0.15, 0.2) is 87.4 Å². The minimum atomic E-state index is -1.43. The molecule has 4 rings (SSSR count). The predicted octanol–water partition coefficient (Wildman–Crippen LogP) is 5.24. The molecule has 2 atom stereocenters. The van der Waals surface area contributed by atoms with Crippen LogP contribution < -0.4 is 10.2 Å². The number of halogens is 1. The van der Waals surface area contributed by atoms with Gasteiger partial charge in [0.1, 0.15) is 5.75 Å². The molecule has 202 valence electrons. The van der Waals surface area contributed by atoms with Gasteiger partial charge in [0.05, 0.1) is 6.61 Å². The number of ether oxygens (including phenoxy) is 2. The molecule has 0 bridgehead atoms. The summed E-state index contributed by atoms with van der Waals surface area (Å²) in [6.45, 7) is 0.448. The molecule has 0 aromatic heterocycles. The van der Waals surface area contributed by atoms with Crippen molar-refractivity contribution in [3.05, 3.63) is 104 Å². The molecule has 0 saturated heterocycles. The lowest BCUT2D eigenvalue weighted by atomic mass is 9.81. The number of carbonyl (C=O) groups excluding carboxylic acids is 1. The van der Waals surface area contributed by atoms with Gasteiger partial charge in [-0.25, -0.2) is 10.0 Å². The normalized spacial score (nSPS) is 18.2. The quantitative estimate of drug-likeness (QED) is 0.103. The fourth-order valence-corrected chi connectivity index (χ4v) is 4.59. The van der Waals surface area contributed by atoms with Crippen molar-refractivity contribution in [1.82, 2.24) is 10.4 Å². The van der Waals surface area contributed by atoms with Crippen LogP contribution in [0.2, 0.25) is 0 Å². The van der Waals surface area contributed by atoms with E-state index in [1.54, 1.807) is 55.5 Å². The van der Waals surface area contributed by atoms with Crippen molar-refractivity contribution in [1.29, 1.82) is 0 Å². The second-order valence-electron chi connectivity index (χ2n) is 9.18. The van der Waals surface area contributed by atoms with E-state index in [0.717, 1.165) is 10.0 Å². The van der Waals surface area contributed by atoms with E-state index in [-0.39, 0.29) is 24.8 Å². The number of benzene rings is 3. The van der Waals surface area contributed by atoms with Gasteiger partial charge in [-0.2, -0.15) is 0 Å². The maximum absolute atomic E-state index is 14.0. The van der Waals surface area contributed by atoms with Gasteiger partial charge in [0.15, 0.2) is 11.6 Å². The lowest BCUT2D eigenvalue weighted by Gasteiger charge is -2.32. The van der Waals surface area contributed by atoms with Crippen molar-refractivity contribution in [3.8, 4) is 5.75 Å². The molecule has 0 unspecified atom stereocenters. The number of carbonyl (C=O) groups is 1. The summed E-state index contributed by atoms with van der Waals surface area (Å²) in [5.41, 5.74) is 13.1. The number of hydrazine groups is 1. The Morgan fingerprint density at radius 3 is 2.56 bits per heavy atom. The highest BCUT2D eigenvalue weighted by Crippen LogP contribution is 2.45. The zero-order chi connectivity index (χ0) is 27.8. The monoisotopic (exact) mass is 592 g/mol. The Labute approximate surface area is 235 Å². The molecule has 39 heavy (non-hydrogen) atoms. The molecule has 11 heteroatoms. The number of hydrogen-bond acceptors (Lipinski definition) is 7. The van der Waals surface area contributed by atoms with Crippen LogP contribution in [0.4, 0.5) is 5.69 Å². The van der Waals surface area contributed by atoms with Crippen molar-refractivity contribution in [3.63, 3.8) is 0 Å². The van der Waals surface area contributed by atoms with Crippen LogP contribution in [0, 0.1) is 0 Å². The van der Waals surface area contributed by atoms with E-state index in [0.29, 0.717) is 35.6 Å². The number of hydrogen-bond donors (Lipinski definition) is 2. The molecule has 1 heterocycles. The van der Waals surface area contributed by atoms with Gasteiger partial charge < -0.3 is 14.6 Å². The number of aliphatic hydroxyl groups is 1. The van der Waals surface area contributed by atoms with E-state index in [9.17, 15) is 10.3 Å². The lowest BCUT2D eigenvalue weighted by Crippen LogP contribution is -2.53. The van der Waals surface area contributed by atoms with Gasteiger partial charge >= 0.3 is 0 Å². The topological polar surface area (TPSA) is 132 Å². The fraction of sp³-hybridized carbons (Fsp3) is 0.286. The van der Waals surface area contributed by atoms with Crippen molar-refractivity contribution >= 4 is 33.4 Å². The van der Waals surface area contributed by atoms with Crippen molar-refractivity contribution in [2.75, 3.05) is 27.3 Å². The van der Waals surface area contributed by atoms with Crippen LogP contribution in [0.1, 0.15) is 29.2 Å². The number of aliphatic imine (C=N–C) groups is 1. The van der Waals surface area contributed by atoms with Gasteiger partial charge in [0.25, 0.3) is 5.91 Å². The first-order chi connectivity index (χ1) is 18.9. The van der Waals surface area contributed by atoms with Gasteiger partial charge in [-0.15, -0.1) is 0 Å². The van der Waals surface area contributed by atoms with Crippen LogP contribution in [-0.4, -0.2) is 54.8 Å². The van der Waals surface area contributed by atoms with Crippen molar-refractivity contribution in [2.24, 2.45) is 10.1 Å². The summed E-state index contributed by atoms with van der Waals surface area (Å²) in [7, 11) is 3.45. The third-order valence-corrected chi connectivity index (χ3v) is 6.64. The third kappa shape index (κ3) is 6.58. The maximum Gasteiger partial charge on any atom is 0.266 e. The number of nitrogens with zero attached hydrogens (tertiary/aromatic N) is 5. The number of amides is 1. The van der Waals surface area contributed by atoms with Gasteiger partial charge in [-0.1, -0.05) is 57.4 Å². The zero-order valence-electron chi connectivity index (χ0n) is 21.6. The highest BCUT2D eigenvalue weighted by molar-refractivity contribution is 9.10. The second kappa shape index (κ2) is 12.8. The first kappa shape index (κ1) is 28.1. The Hall–Kier alpha value is -3.89. The first-order valence-corrected chi connectivity index (χ1v) is 13.1. The summed E-state index contributed by atoms with van der Waals surface area (Å²) in [5, 5.41) is 14.4. The summed E-state index contributed by atoms with van der Waals surface area (Å²) < 4.78 is 13.0. The molecular formula is C28H29BrN6O4. The molecule has 0 spiro atoms. The molecule has 1 aliphatic rings. The third-order valence-electron chi connectivity index (χ3n) is 6.11. The highest BCUT2D eigenvalue weighted by atomic mass is 79.9. The van der Waals surface area contributed by atoms with Crippen molar-refractivity contribution in [2.45, 2.75) is 24.5 Å². The molecule has 10 nitrogen and oxygen atoms in total. The molecule has 2 N–H and O–H groups in total. The summed E-state index contributed by atoms with van der Waals surface area (Å²) in [6, 6.07) is 21.9. The van der Waals surface area contributed by atoms with E-state index in [2.05, 4.69) is 31.4 Å². The van der Waals surface area contributed by atoms with E-state index in [1.807, 2.05) is 36.4 Å². The highest BCUT2D eigenvalue weighted by Gasteiger charge is 2.54. The summed E-state index contributed by atoms with van der Waals surface area (Å²) >= 11 is 3.47. The Bertz CT molecular complexity index is 1370. The van der Waals surface area contributed by atoms with Crippen LogP contribution in [0.25, 0.3) is 10.4 Å². The molecule has 3 aromatic rings. The van der Waals surface area contributed by atoms with Crippen molar-refractivity contribution < 1.29 is 19.4 Å². The Kier molecular flexibility index (Phi) is 9.21. The van der Waals surface area contributed by atoms with Crippen LogP contribution in [-0.2, 0) is 16.0 Å². The van der Waals surface area contributed by atoms with Crippen LogP contribution in [0.3, 0.4) is 0 Å². The van der Waals surface area contributed by atoms with Gasteiger partial charge in [0.2, 0.25) is 5.90 Å². The molecule has 1 amide bonds. The SMILES string of the molecule is CN(C)NC(=O)[C@@]1(Cc2ccc(Br)cc2)N=C(c2ccc(OCCCO)cc2)O[C@H]1c1ccccc1N=[N+]=[N-]. The van der Waals surface area contributed by atoms with E-state index in [4.69, 9.17) is 19.6 Å². The minimum Gasteiger partial charge on any atom is -0.494 e. The largest absolute Gasteiger partial charge is 0.494 e. The summed E-state index contributed by atoms with van der Waals surface area (Å²) in [6.07, 6.45) is -0.136. The first-order valence-electron chi connectivity index (χ1n) is 12.3. The van der Waals surface area contributed by atoms with Crippen LogP contribution >= 0.6 is 15.9 Å². The van der Waals surface area contributed by atoms with E-state index in [1.165, 1.54) is 0 Å². The maximum atomic E-state index is 14.0. The number of nitrogens with one attached hydrogen (secondary N) is 1. The Morgan fingerprint density at radius 1 is 1.18 bits per heavy atom. The van der Waals surface area contributed by atoms with Gasteiger partial charge in [-0.05, 0) is 47.5 Å². The molecule has 0 fully saturated rings. The van der Waals surface area contributed by atoms with Crippen LogP contribution in [0.5, 0.6) is 5.75 Å². The molecule has 1 aliphatic heterocycles. The molecule has 3 aromatic carbocycles. The standard InChI is InChI=1S/C28H29BrN6O4/c1-35(2)33-27(37)28(18-19-8-12-21(29)13-9-19)25(23-6-3-4-7-24(23)32-34-30)39-26(31-28)20-10-14-22(15-11-20)38-17-5-16-36/h3-4,6-15,25,36H,5,16-18H2,1-2H3,(H,33,37)/t25-,28-/m0/s1. The van der Waals surface area contributed by atoms with E-state index >= 15 is 0 Å².